The lowest BCUT2D eigenvalue weighted by atomic mass is 10.2. The molecular weight excluding hydrogens is 276 g/mol. The Morgan fingerprint density at radius 3 is 2.90 bits per heavy atom. The maximum atomic E-state index is 10.0. The van der Waals surface area contributed by atoms with Gasteiger partial charge in [-0.05, 0) is 36.2 Å². The highest BCUT2D eigenvalue weighted by Gasteiger charge is 2.13. The van der Waals surface area contributed by atoms with Crippen molar-refractivity contribution >= 4 is 22.8 Å². The fourth-order valence-corrected chi connectivity index (χ4v) is 2.32. The van der Waals surface area contributed by atoms with E-state index in [9.17, 15) is 5.11 Å². The van der Waals surface area contributed by atoms with Crippen LogP contribution in [-0.2, 0) is 0 Å². The van der Waals surface area contributed by atoms with E-state index in [4.69, 9.17) is 10.5 Å². The SMILES string of the molecule is CC(C)Oc1ncnc(NCC(O)c2ccsc2)c1N. The first kappa shape index (κ1) is 14.5. The van der Waals surface area contributed by atoms with Gasteiger partial charge < -0.3 is 20.9 Å². The van der Waals surface area contributed by atoms with Gasteiger partial charge in [0.1, 0.15) is 12.0 Å². The van der Waals surface area contributed by atoms with E-state index in [1.807, 2.05) is 30.7 Å². The van der Waals surface area contributed by atoms with E-state index in [2.05, 4.69) is 15.3 Å². The highest BCUT2D eigenvalue weighted by Crippen LogP contribution is 2.26. The third kappa shape index (κ3) is 3.58. The Balaban J connectivity index is 2.02. The van der Waals surface area contributed by atoms with E-state index in [0.717, 1.165) is 5.56 Å². The third-order valence-electron chi connectivity index (χ3n) is 2.59. The number of ether oxygens (including phenoxy) is 1. The number of nitrogens with one attached hydrogen (secondary N) is 1. The first-order valence-corrected chi connectivity index (χ1v) is 7.23. The number of thiophene rings is 1. The number of aliphatic hydroxyl groups excluding tert-OH is 1. The Hall–Kier alpha value is -1.86. The number of rotatable bonds is 6. The van der Waals surface area contributed by atoms with Gasteiger partial charge in [0.25, 0.3) is 0 Å². The minimum absolute atomic E-state index is 0.0172. The van der Waals surface area contributed by atoms with Crippen molar-refractivity contribution in [2.75, 3.05) is 17.6 Å². The maximum Gasteiger partial charge on any atom is 0.242 e. The minimum atomic E-state index is -0.606. The largest absolute Gasteiger partial charge is 0.473 e. The second-order valence-corrected chi connectivity index (χ2v) is 5.34. The van der Waals surface area contributed by atoms with Crippen LogP contribution in [-0.4, -0.2) is 27.7 Å². The molecule has 0 fully saturated rings. The Bertz CT molecular complexity index is 545. The van der Waals surface area contributed by atoms with Crippen molar-refractivity contribution in [1.82, 2.24) is 9.97 Å². The summed E-state index contributed by atoms with van der Waals surface area (Å²) in [4.78, 5) is 8.06. The van der Waals surface area contributed by atoms with Gasteiger partial charge in [-0.15, -0.1) is 0 Å². The molecular formula is C13H18N4O2S. The first-order chi connectivity index (χ1) is 9.58. The van der Waals surface area contributed by atoms with Gasteiger partial charge in [0.15, 0.2) is 5.82 Å². The summed E-state index contributed by atoms with van der Waals surface area (Å²) in [6.07, 6.45) is 0.759. The number of anilines is 2. The molecule has 0 bridgehead atoms. The van der Waals surface area contributed by atoms with Gasteiger partial charge in [-0.2, -0.15) is 16.3 Å². The molecule has 0 saturated heterocycles. The molecule has 1 atom stereocenters. The Morgan fingerprint density at radius 2 is 2.25 bits per heavy atom. The average Bonchev–Trinajstić information content (AvgIpc) is 2.93. The molecule has 0 amide bonds. The Kier molecular flexibility index (Phi) is 4.75. The first-order valence-electron chi connectivity index (χ1n) is 6.29. The molecule has 1 unspecified atom stereocenters. The minimum Gasteiger partial charge on any atom is -0.473 e. The summed E-state index contributed by atoms with van der Waals surface area (Å²) in [6, 6.07) is 1.88. The van der Waals surface area contributed by atoms with Crippen LogP contribution in [0, 0.1) is 0 Å². The predicted octanol–water partition coefficient (Wildman–Crippen LogP) is 2.05. The molecule has 0 aromatic carbocycles. The van der Waals surface area contributed by atoms with Crippen LogP contribution in [0.15, 0.2) is 23.2 Å². The van der Waals surface area contributed by atoms with E-state index < -0.39 is 6.10 Å². The summed E-state index contributed by atoms with van der Waals surface area (Å²) in [6.45, 7) is 4.11. The molecule has 6 nitrogen and oxygen atoms in total. The van der Waals surface area contributed by atoms with E-state index in [1.165, 1.54) is 6.33 Å². The monoisotopic (exact) mass is 294 g/mol. The molecule has 2 rings (SSSR count). The van der Waals surface area contributed by atoms with Crippen molar-refractivity contribution in [2.45, 2.75) is 26.1 Å². The van der Waals surface area contributed by atoms with Crippen LogP contribution in [0.2, 0.25) is 0 Å². The molecule has 0 saturated carbocycles. The summed E-state index contributed by atoms with van der Waals surface area (Å²) >= 11 is 1.54. The molecule has 4 N–H and O–H groups in total. The lowest BCUT2D eigenvalue weighted by Crippen LogP contribution is -2.15. The Labute approximate surface area is 121 Å². The Morgan fingerprint density at radius 1 is 1.45 bits per heavy atom. The second kappa shape index (κ2) is 6.53. The van der Waals surface area contributed by atoms with Crippen molar-refractivity contribution in [3.8, 4) is 5.88 Å². The zero-order valence-corrected chi connectivity index (χ0v) is 12.2. The van der Waals surface area contributed by atoms with Crippen molar-refractivity contribution < 1.29 is 9.84 Å². The lowest BCUT2D eigenvalue weighted by Gasteiger charge is -2.15. The molecule has 7 heteroatoms. The number of hydrogen-bond acceptors (Lipinski definition) is 7. The van der Waals surface area contributed by atoms with Crippen LogP contribution in [0.3, 0.4) is 0 Å². The molecule has 0 aliphatic rings. The molecule has 0 radical (unpaired) electrons. The highest BCUT2D eigenvalue weighted by atomic mass is 32.1. The molecule has 20 heavy (non-hydrogen) atoms. The molecule has 0 aliphatic carbocycles. The zero-order chi connectivity index (χ0) is 14.5. The summed E-state index contributed by atoms with van der Waals surface area (Å²) in [5, 5.41) is 16.8. The normalized spacial score (nSPS) is 12.4. The topological polar surface area (TPSA) is 93.3 Å². The average molecular weight is 294 g/mol. The van der Waals surface area contributed by atoms with Gasteiger partial charge >= 0.3 is 0 Å². The van der Waals surface area contributed by atoms with Gasteiger partial charge in [-0.1, -0.05) is 0 Å². The number of nitrogens with two attached hydrogens (primary N) is 1. The van der Waals surface area contributed by atoms with Crippen LogP contribution in [0.25, 0.3) is 0 Å². The van der Waals surface area contributed by atoms with Crippen molar-refractivity contribution in [3.05, 3.63) is 28.7 Å². The third-order valence-corrected chi connectivity index (χ3v) is 3.29. The predicted molar refractivity (Wildman–Crippen MR) is 80.0 cm³/mol. The van der Waals surface area contributed by atoms with Crippen LogP contribution < -0.4 is 15.8 Å². The summed E-state index contributed by atoms with van der Waals surface area (Å²) in [7, 11) is 0. The van der Waals surface area contributed by atoms with Crippen LogP contribution in [0.5, 0.6) is 5.88 Å². The van der Waals surface area contributed by atoms with Crippen molar-refractivity contribution in [3.63, 3.8) is 0 Å². The number of aromatic nitrogens is 2. The van der Waals surface area contributed by atoms with Crippen LogP contribution >= 0.6 is 11.3 Å². The fraction of sp³-hybridized carbons (Fsp3) is 0.385. The van der Waals surface area contributed by atoms with Crippen LogP contribution in [0.1, 0.15) is 25.5 Å². The molecule has 108 valence electrons. The lowest BCUT2D eigenvalue weighted by molar-refractivity contribution is 0.192. The standard InChI is InChI=1S/C13H18N4O2S/c1-8(2)19-13-11(14)12(16-7-17-13)15-5-10(18)9-3-4-20-6-9/h3-4,6-8,10,18H,5,14H2,1-2H3,(H,15,16,17). The van der Waals surface area contributed by atoms with Gasteiger partial charge in [0, 0.05) is 6.54 Å². The van der Waals surface area contributed by atoms with E-state index in [1.54, 1.807) is 11.3 Å². The smallest absolute Gasteiger partial charge is 0.242 e. The quantitative estimate of drug-likeness (QED) is 0.755. The number of nitrogen functional groups attached to an aromatic ring is 1. The van der Waals surface area contributed by atoms with Gasteiger partial charge in [0.2, 0.25) is 5.88 Å². The molecule has 2 aromatic heterocycles. The van der Waals surface area contributed by atoms with Crippen LogP contribution in [0.4, 0.5) is 11.5 Å². The molecule has 0 aliphatic heterocycles. The summed E-state index contributed by atoms with van der Waals surface area (Å²) in [5.41, 5.74) is 7.16. The van der Waals surface area contributed by atoms with E-state index >= 15 is 0 Å². The van der Waals surface area contributed by atoms with Gasteiger partial charge in [-0.25, -0.2) is 4.98 Å². The number of hydrogen-bond donors (Lipinski definition) is 3. The summed E-state index contributed by atoms with van der Waals surface area (Å²) in [5.74, 6) is 0.812. The van der Waals surface area contributed by atoms with E-state index in [0.29, 0.717) is 23.9 Å². The van der Waals surface area contributed by atoms with Gasteiger partial charge in [-0.3, -0.25) is 0 Å². The highest BCUT2D eigenvalue weighted by molar-refractivity contribution is 7.07. The molecule has 0 spiro atoms. The van der Waals surface area contributed by atoms with E-state index in [-0.39, 0.29) is 6.10 Å². The van der Waals surface area contributed by atoms with Gasteiger partial charge in [0.05, 0.1) is 12.2 Å². The fourth-order valence-electron chi connectivity index (χ4n) is 1.61. The maximum absolute atomic E-state index is 10.0. The van der Waals surface area contributed by atoms with Crippen molar-refractivity contribution in [2.24, 2.45) is 0 Å². The number of nitrogens with zero attached hydrogens (tertiary/aromatic N) is 2. The molecule has 2 heterocycles. The number of aliphatic hydroxyl groups is 1. The van der Waals surface area contributed by atoms with Crippen molar-refractivity contribution in [1.29, 1.82) is 0 Å². The molecule has 2 aromatic rings. The second-order valence-electron chi connectivity index (χ2n) is 4.56. The zero-order valence-electron chi connectivity index (χ0n) is 11.4. The summed E-state index contributed by atoms with van der Waals surface area (Å²) < 4.78 is 5.49.